The lowest BCUT2D eigenvalue weighted by Crippen LogP contribution is -2.34. The van der Waals surface area contributed by atoms with Crippen LogP contribution in [0.2, 0.25) is 0 Å². The van der Waals surface area contributed by atoms with Gasteiger partial charge < -0.3 is 14.5 Å². The summed E-state index contributed by atoms with van der Waals surface area (Å²) < 4.78 is 12.5. The molecule has 5 nitrogen and oxygen atoms in total. The van der Waals surface area contributed by atoms with Crippen LogP contribution in [0.25, 0.3) is 11.0 Å². The first-order chi connectivity index (χ1) is 13.6. The van der Waals surface area contributed by atoms with Crippen LogP contribution in [0.15, 0.2) is 62.4 Å². The molecule has 1 N–H and O–H groups in total. The maximum Gasteiger partial charge on any atom is 0.256 e. The van der Waals surface area contributed by atoms with Gasteiger partial charge in [0.05, 0.1) is 11.8 Å². The zero-order valence-electron chi connectivity index (χ0n) is 15.6. The van der Waals surface area contributed by atoms with E-state index in [0.717, 1.165) is 40.6 Å². The van der Waals surface area contributed by atoms with Crippen molar-refractivity contribution in [3.63, 3.8) is 0 Å². The Hall–Kier alpha value is -2.44. The van der Waals surface area contributed by atoms with Crippen molar-refractivity contribution in [1.29, 1.82) is 0 Å². The van der Waals surface area contributed by atoms with E-state index in [-0.39, 0.29) is 12.0 Å². The number of ether oxygens (including phenoxy) is 1. The van der Waals surface area contributed by atoms with Crippen LogP contribution in [0.5, 0.6) is 0 Å². The van der Waals surface area contributed by atoms with E-state index in [2.05, 4.69) is 26.2 Å². The molecule has 0 aliphatic carbocycles. The summed E-state index contributed by atoms with van der Waals surface area (Å²) in [4.78, 5) is 17.5. The normalized spacial score (nSPS) is 17.2. The number of amides is 1. The van der Waals surface area contributed by atoms with Crippen molar-refractivity contribution in [3.8, 4) is 0 Å². The fourth-order valence-corrected chi connectivity index (χ4v) is 3.65. The van der Waals surface area contributed by atoms with E-state index in [1.54, 1.807) is 0 Å². The van der Waals surface area contributed by atoms with Gasteiger partial charge in [-0.3, -0.25) is 4.79 Å². The average Bonchev–Trinajstić information content (AvgIpc) is 3.19. The molecule has 2 heterocycles. The van der Waals surface area contributed by atoms with Gasteiger partial charge in [0.1, 0.15) is 11.1 Å². The predicted molar refractivity (Wildman–Crippen MR) is 112 cm³/mol. The minimum Gasteiger partial charge on any atom is -0.438 e. The van der Waals surface area contributed by atoms with Gasteiger partial charge in [0, 0.05) is 23.0 Å². The number of carbonyl (C=O) groups excluding carboxylic acids is 1. The van der Waals surface area contributed by atoms with Gasteiger partial charge in [0.25, 0.3) is 5.91 Å². The average molecular weight is 441 g/mol. The Bertz CT molecular complexity index is 1080. The number of nitrogens with zero attached hydrogens (tertiary/aromatic N) is 1. The van der Waals surface area contributed by atoms with E-state index in [1.165, 1.54) is 0 Å². The van der Waals surface area contributed by atoms with Crippen molar-refractivity contribution in [2.45, 2.75) is 25.9 Å². The van der Waals surface area contributed by atoms with Crippen molar-refractivity contribution in [2.24, 2.45) is 4.99 Å². The summed E-state index contributed by atoms with van der Waals surface area (Å²) in [6.45, 7) is 3.25. The number of benzene rings is 2. The topological polar surface area (TPSA) is 63.8 Å². The molecular formula is C22H21BrN2O3. The smallest absolute Gasteiger partial charge is 0.256 e. The number of carbonyl (C=O) groups is 1. The molecule has 1 unspecified atom stereocenters. The molecule has 1 aliphatic rings. The number of nitrogens with one attached hydrogen (secondary N) is 1. The molecule has 4 rings (SSSR count). The fourth-order valence-electron chi connectivity index (χ4n) is 3.27. The van der Waals surface area contributed by atoms with Crippen LogP contribution >= 0.6 is 15.9 Å². The maximum atomic E-state index is 12.9. The van der Waals surface area contributed by atoms with Gasteiger partial charge in [-0.05, 0) is 61.7 Å². The van der Waals surface area contributed by atoms with Gasteiger partial charge in [-0.1, -0.05) is 28.1 Å². The zero-order chi connectivity index (χ0) is 19.5. The van der Waals surface area contributed by atoms with E-state index in [9.17, 15) is 4.79 Å². The number of halogens is 1. The fraction of sp³-hybridized carbons (Fsp3) is 0.273. The molecule has 0 bridgehead atoms. The van der Waals surface area contributed by atoms with Gasteiger partial charge in [0.2, 0.25) is 5.55 Å². The van der Waals surface area contributed by atoms with Crippen molar-refractivity contribution in [1.82, 2.24) is 5.32 Å². The van der Waals surface area contributed by atoms with Crippen molar-refractivity contribution in [3.05, 3.63) is 69.7 Å². The van der Waals surface area contributed by atoms with Crippen LogP contribution < -0.4 is 10.9 Å². The van der Waals surface area contributed by atoms with Crippen LogP contribution in [-0.2, 0) is 4.74 Å². The van der Waals surface area contributed by atoms with Crippen molar-refractivity contribution >= 4 is 38.5 Å². The summed E-state index contributed by atoms with van der Waals surface area (Å²) in [5.41, 5.74) is 3.21. The summed E-state index contributed by atoms with van der Waals surface area (Å²) in [6, 6.07) is 15.3. The van der Waals surface area contributed by atoms with Gasteiger partial charge in [-0.15, -0.1) is 0 Å². The van der Waals surface area contributed by atoms with Crippen molar-refractivity contribution in [2.75, 3.05) is 13.2 Å². The highest BCUT2D eigenvalue weighted by Gasteiger charge is 2.18. The van der Waals surface area contributed by atoms with Gasteiger partial charge >= 0.3 is 0 Å². The van der Waals surface area contributed by atoms with Gasteiger partial charge in [-0.25, -0.2) is 4.99 Å². The first-order valence-electron chi connectivity index (χ1n) is 9.33. The minimum absolute atomic E-state index is 0.0765. The van der Waals surface area contributed by atoms with Crippen LogP contribution in [0.1, 0.15) is 28.8 Å². The predicted octanol–water partition coefficient (Wildman–Crippen LogP) is 4.64. The molecule has 0 radical (unpaired) electrons. The van der Waals surface area contributed by atoms with Gasteiger partial charge in [0.15, 0.2) is 0 Å². The highest BCUT2D eigenvalue weighted by atomic mass is 79.9. The van der Waals surface area contributed by atoms with E-state index in [4.69, 9.17) is 9.15 Å². The largest absolute Gasteiger partial charge is 0.438 e. The van der Waals surface area contributed by atoms with E-state index >= 15 is 0 Å². The lowest BCUT2D eigenvalue weighted by Gasteiger charge is -2.11. The molecule has 1 aromatic heterocycles. The molecule has 1 fully saturated rings. The number of fused-ring (bicyclic) bond motifs is 1. The number of hydrogen-bond donors (Lipinski definition) is 1. The standard InChI is InChI=1S/C22H21BrN2O3/c1-14-4-2-5-17(10-14)25-22-19(21(26)24-13-18-6-3-9-27-18)12-15-11-16(23)7-8-20(15)28-22/h2,4-5,7-8,10-12,18H,3,6,9,13H2,1H3,(H,24,26). The second-order valence-electron chi connectivity index (χ2n) is 6.94. The Labute approximate surface area is 171 Å². The van der Waals surface area contributed by atoms with Crippen molar-refractivity contribution < 1.29 is 13.9 Å². The molecule has 1 amide bonds. The Balaban J connectivity index is 1.76. The molecule has 1 saturated heterocycles. The molecule has 2 aromatic carbocycles. The Morgan fingerprint density at radius 2 is 2.14 bits per heavy atom. The van der Waals surface area contributed by atoms with Crippen LogP contribution in [0.3, 0.4) is 0 Å². The third-order valence-corrected chi connectivity index (χ3v) is 5.19. The highest BCUT2D eigenvalue weighted by Crippen LogP contribution is 2.20. The molecule has 6 heteroatoms. The monoisotopic (exact) mass is 440 g/mol. The zero-order valence-corrected chi connectivity index (χ0v) is 17.2. The third-order valence-electron chi connectivity index (χ3n) is 4.70. The quantitative estimate of drug-likeness (QED) is 0.642. The van der Waals surface area contributed by atoms with Crippen LogP contribution in [0, 0.1) is 6.92 Å². The molecule has 28 heavy (non-hydrogen) atoms. The summed E-state index contributed by atoms with van der Waals surface area (Å²) in [5, 5.41) is 3.80. The molecule has 1 aliphatic heterocycles. The lowest BCUT2D eigenvalue weighted by molar-refractivity contribution is 0.0854. The molecule has 1 atom stereocenters. The van der Waals surface area contributed by atoms with Crippen LogP contribution in [-0.4, -0.2) is 25.2 Å². The highest BCUT2D eigenvalue weighted by molar-refractivity contribution is 9.10. The number of aryl methyl sites for hydroxylation is 1. The van der Waals surface area contributed by atoms with E-state index in [1.807, 2.05) is 55.5 Å². The molecule has 0 saturated carbocycles. The minimum atomic E-state index is -0.215. The Morgan fingerprint density at radius 3 is 2.93 bits per heavy atom. The number of rotatable bonds is 4. The summed E-state index contributed by atoms with van der Waals surface area (Å²) in [5.74, 6) is -0.215. The first-order valence-corrected chi connectivity index (χ1v) is 10.1. The summed E-state index contributed by atoms with van der Waals surface area (Å²) in [7, 11) is 0. The number of hydrogen-bond acceptors (Lipinski definition) is 4. The molecule has 3 aromatic rings. The summed E-state index contributed by atoms with van der Waals surface area (Å²) >= 11 is 3.47. The third kappa shape index (κ3) is 4.34. The van der Waals surface area contributed by atoms with E-state index in [0.29, 0.717) is 23.2 Å². The Morgan fingerprint density at radius 1 is 1.25 bits per heavy atom. The molecule has 0 spiro atoms. The SMILES string of the molecule is Cc1cccc(N=c2oc3ccc(Br)cc3cc2C(=O)NCC2CCCO2)c1. The van der Waals surface area contributed by atoms with E-state index < -0.39 is 0 Å². The van der Waals surface area contributed by atoms with Crippen LogP contribution in [0.4, 0.5) is 5.69 Å². The first kappa shape index (κ1) is 18.9. The second-order valence-corrected chi connectivity index (χ2v) is 7.86. The maximum absolute atomic E-state index is 12.9. The lowest BCUT2D eigenvalue weighted by atomic mass is 10.1. The van der Waals surface area contributed by atoms with Gasteiger partial charge in [-0.2, -0.15) is 0 Å². The Kier molecular flexibility index (Phi) is 5.59. The summed E-state index contributed by atoms with van der Waals surface area (Å²) in [6.07, 6.45) is 2.08. The molecular weight excluding hydrogens is 420 g/mol. The molecule has 144 valence electrons. The second kappa shape index (κ2) is 8.29.